The minimum Gasteiger partial charge on any atom is -0.322 e. The van der Waals surface area contributed by atoms with Crippen LogP contribution in [0.3, 0.4) is 0 Å². The smallest absolute Gasteiger partial charge is 0.258 e. The van der Waals surface area contributed by atoms with Gasteiger partial charge in [-0.2, -0.15) is 0 Å². The number of hydrogen-bond acceptors (Lipinski definition) is 6. The van der Waals surface area contributed by atoms with Crippen molar-refractivity contribution in [3.05, 3.63) is 88.4 Å². The van der Waals surface area contributed by atoms with Crippen molar-refractivity contribution in [3.8, 4) is 11.3 Å². The monoisotopic (exact) mass is 488 g/mol. The topological polar surface area (TPSA) is 84.0 Å². The molecule has 2 aromatic carbocycles. The molecular formula is C26H24N4O2S2. The molecule has 2 aromatic heterocycles. The third-order valence-electron chi connectivity index (χ3n) is 5.01. The fourth-order valence-corrected chi connectivity index (χ4v) is 5.06. The molecule has 0 saturated carbocycles. The van der Waals surface area contributed by atoms with Crippen molar-refractivity contribution in [1.29, 1.82) is 0 Å². The predicted octanol–water partition coefficient (Wildman–Crippen LogP) is 6.11. The quantitative estimate of drug-likeness (QED) is 0.307. The van der Waals surface area contributed by atoms with Gasteiger partial charge in [-0.25, -0.2) is 9.97 Å². The largest absolute Gasteiger partial charge is 0.322 e. The first-order valence-corrected chi connectivity index (χ1v) is 12.6. The zero-order valence-electron chi connectivity index (χ0n) is 19.1. The summed E-state index contributed by atoms with van der Waals surface area (Å²) in [6.45, 7) is 5.79. The highest BCUT2D eigenvalue weighted by atomic mass is 32.2. The number of thiazole rings is 1. The molecule has 4 rings (SSSR count). The van der Waals surface area contributed by atoms with Gasteiger partial charge in [-0.3, -0.25) is 9.59 Å². The van der Waals surface area contributed by atoms with E-state index in [1.165, 1.54) is 28.7 Å². The van der Waals surface area contributed by atoms with Crippen LogP contribution in [-0.2, 0) is 4.79 Å². The maximum absolute atomic E-state index is 13.0. The highest BCUT2D eigenvalue weighted by Crippen LogP contribution is 2.27. The Morgan fingerprint density at radius 2 is 1.68 bits per heavy atom. The SMILES string of the molecule is Cc1ccc(-c2csc(NC(=O)CSc3nc(C)cc(C)c3C(=O)Nc3ccccc3)n2)cc1. The van der Waals surface area contributed by atoms with Crippen LogP contribution in [-0.4, -0.2) is 27.5 Å². The molecule has 172 valence electrons. The zero-order valence-corrected chi connectivity index (χ0v) is 20.7. The lowest BCUT2D eigenvalue weighted by Crippen LogP contribution is -2.18. The molecule has 0 bridgehead atoms. The standard InChI is InChI=1S/C26H24N4O2S2/c1-16-9-11-19(12-10-16)21-14-34-26(29-21)30-22(31)15-33-25-23(17(2)13-18(3)27-25)24(32)28-20-7-5-4-6-8-20/h4-14H,15H2,1-3H3,(H,28,32)(H,29,30,31). The van der Waals surface area contributed by atoms with Crippen LogP contribution in [0.15, 0.2) is 71.1 Å². The van der Waals surface area contributed by atoms with Gasteiger partial charge in [-0.15, -0.1) is 11.3 Å². The van der Waals surface area contributed by atoms with Gasteiger partial charge in [0, 0.05) is 22.3 Å². The van der Waals surface area contributed by atoms with E-state index in [1.54, 1.807) is 0 Å². The number of anilines is 2. The van der Waals surface area contributed by atoms with Crippen LogP contribution in [0.4, 0.5) is 10.8 Å². The Hall–Kier alpha value is -3.49. The number of benzene rings is 2. The van der Waals surface area contributed by atoms with E-state index in [9.17, 15) is 9.59 Å². The van der Waals surface area contributed by atoms with Crippen molar-refractivity contribution >= 4 is 45.7 Å². The molecular weight excluding hydrogens is 464 g/mol. The molecule has 0 spiro atoms. The van der Waals surface area contributed by atoms with E-state index in [1.807, 2.05) is 86.8 Å². The Morgan fingerprint density at radius 1 is 0.941 bits per heavy atom. The predicted molar refractivity (Wildman–Crippen MR) is 140 cm³/mol. The lowest BCUT2D eigenvalue weighted by Gasteiger charge is -2.13. The third-order valence-corrected chi connectivity index (χ3v) is 6.74. The van der Waals surface area contributed by atoms with Crippen LogP contribution >= 0.6 is 23.1 Å². The van der Waals surface area contributed by atoms with Crippen molar-refractivity contribution in [2.45, 2.75) is 25.8 Å². The van der Waals surface area contributed by atoms with Gasteiger partial charge in [0.2, 0.25) is 5.91 Å². The average molecular weight is 489 g/mol. The van der Waals surface area contributed by atoms with Crippen LogP contribution in [0, 0.1) is 20.8 Å². The van der Waals surface area contributed by atoms with E-state index in [2.05, 4.69) is 20.6 Å². The number of rotatable bonds is 7. The number of hydrogen-bond donors (Lipinski definition) is 2. The first-order valence-electron chi connectivity index (χ1n) is 10.7. The Bertz CT molecular complexity index is 1320. The summed E-state index contributed by atoms with van der Waals surface area (Å²) in [6.07, 6.45) is 0. The minimum atomic E-state index is -0.248. The van der Waals surface area contributed by atoms with E-state index in [0.717, 1.165) is 22.5 Å². The summed E-state index contributed by atoms with van der Waals surface area (Å²) in [5.41, 5.74) is 5.79. The van der Waals surface area contributed by atoms with Crippen molar-refractivity contribution < 1.29 is 9.59 Å². The Balaban J connectivity index is 1.43. The highest BCUT2D eigenvalue weighted by Gasteiger charge is 2.19. The summed E-state index contributed by atoms with van der Waals surface area (Å²) in [5, 5.41) is 8.75. The van der Waals surface area contributed by atoms with E-state index < -0.39 is 0 Å². The summed E-state index contributed by atoms with van der Waals surface area (Å²) in [6, 6.07) is 19.2. The van der Waals surface area contributed by atoms with Gasteiger partial charge in [0.15, 0.2) is 5.13 Å². The van der Waals surface area contributed by atoms with Gasteiger partial charge in [0.25, 0.3) is 5.91 Å². The Morgan fingerprint density at radius 3 is 2.41 bits per heavy atom. The molecule has 0 aliphatic heterocycles. The van der Waals surface area contributed by atoms with E-state index in [4.69, 9.17) is 0 Å². The number of nitrogens with zero attached hydrogens (tertiary/aromatic N) is 2. The maximum Gasteiger partial charge on any atom is 0.258 e. The first kappa shape index (κ1) is 23.7. The van der Waals surface area contributed by atoms with Gasteiger partial charge in [-0.1, -0.05) is 59.8 Å². The van der Waals surface area contributed by atoms with Crippen LogP contribution in [0.25, 0.3) is 11.3 Å². The lowest BCUT2D eigenvalue weighted by atomic mass is 10.1. The molecule has 0 fully saturated rings. The summed E-state index contributed by atoms with van der Waals surface area (Å²) >= 11 is 2.62. The van der Waals surface area contributed by atoms with Crippen LogP contribution < -0.4 is 10.6 Å². The summed E-state index contributed by atoms with van der Waals surface area (Å²) in [5.74, 6) is -0.340. The Labute approximate surface area is 206 Å². The average Bonchev–Trinajstić information content (AvgIpc) is 3.26. The second kappa shape index (κ2) is 10.6. The summed E-state index contributed by atoms with van der Waals surface area (Å²) in [4.78, 5) is 34.7. The molecule has 0 atom stereocenters. The molecule has 2 amide bonds. The number of amides is 2. The number of thioether (sulfide) groups is 1. The number of carbonyl (C=O) groups is 2. The molecule has 2 N–H and O–H groups in total. The van der Waals surface area contributed by atoms with Crippen molar-refractivity contribution in [2.75, 3.05) is 16.4 Å². The van der Waals surface area contributed by atoms with Gasteiger partial charge < -0.3 is 10.6 Å². The molecule has 0 aliphatic carbocycles. The summed E-state index contributed by atoms with van der Waals surface area (Å²) < 4.78 is 0. The molecule has 34 heavy (non-hydrogen) atoms. The first-order chi connectivity index (χ1) is 16.4. The normalized spacial score (nSPS) is 10.7. The van der Waals surface area contributed by atoms with Gasteiger partial charge in [0.05, 0.1) is 17.0 Å². The molecule has 6 nitrogen and oxygen atoms in total. The number of para-hydroxylation sites is 1. The molecule has 0 unspecified atom stereocenters. The fraction of sp³-hybridized carbons (Fsp3) is 0.154. The number of nitrogens with one attached hydrogen (secondary N) is 2. The van der Waals surface area contributed by atoms with Crippen LogP contribution in [0.1, 0.15) is 27.2 Å². The van der Waals surface area contributed by atoms with Crippen LogP contribution in [0.2, 0.25) is 0 Å². The second-order valence-electron chi connectivity index (χ2n) is 7.82. The lowest BCUT2D eigenvalue weighted by molar-refractivity contribution is -0.113. The number of pyridine rings is 1. The van der Waals surface area contributed by atoms with Gasteiger partial charge in [0.1, 0.15) is 5.03 Å². The molecule has 8 heteroatoms. The molecule has 0 saturated heterocycles. The molecule has 2 heterocycles. The minimum absolute atomic E-state index is 0.112. The number of carbonyl (C=O) groups excluding carboxylic acids is 2. The van der Waals surface area contributed by atoms with Gasteiger partial charge >= 0.3 is 0 Å². The van der Waals surface area contributed by atoms with Crippen molar-refractivity contribution in [3.63, 3.8) is 0 Å². The van der Waals surface area contributed by atoms with Gasteiger partial charge in [-0.05, 0) is 44.5 Å². The zero-order chi connectivity index (χ0) is 24.1. The van der Waals surface area contributed by atoms with Crippen molar-refractivity contribution in [2.24, 2.45) is 0 Å². The number of aryl methyl sites for hydroxylation is 3. The van der Waals surface area contributed by atoms with E-state index in [0.29, 0.717) is 21.4 Å². The number of aromatic nitrogens is 2. The van der Waals surface area contributed by atoms with E-state index in [-0.39, 0.29) is 17.6 Å². The molecule has 0 radical (unpaired) electrons. The summed E-state index contributed by atoms with van der Waals surface area (Å²) in [7, 11) is 0. The molecule has 0 aliphatic rings. The van der Waals surface area contributed by atoms with E-state index >= 15 is 0 Å². The maximum atomic E-state index is 13.0. The van der Waals surface area contributed by atoms with Crippen molar-refractivity contribution in [1.82, 2.24) is 9.97 Å². The Kier molecular flexibility index (Phi) is 7.40. The molecule has 4 aromatic rings. The third kappa shape index (κ3) is 5.89. The second-order valence-corrected chi connectivity index (χ2v) is 9.64. The fourth-order valence-electron chi connectivity index (χ4n) is 3.38. The highest BCUT2D eigenvalue weighted by molar-refractivity contribution is 8.00. The van der Waals surface area contributed by atoms with Crippen LogP contribution in [0.5, 0.6) is 0 Å².